The van der Waals surface area contributed by atoms with E-state index < -0.39 is 0 Å². The maximum Gasteiger partial charge on any atom is 0.0958 e. The summed E-state index contributed by atoms with van der Waals surface area (Å²) in [5.74, 6) is 4.07. The lowest BCUT2D eigenvalue weighted by molar-refractivity contribution is -0.0201. The van der Waals surface area contributed by atoms with E-state index in [4.69, 9.17) is 4.74 Å². The van der Waals surface area contributed by atoms with Crippen molar-refractivity contribution in [3.8, 4) is 0 Å². The Morgan fingerprint density at radius 3 is 2.76 bits per heavy atom. The topological polar surface area (TPSA) is 9.23 Å². The summed E-state index contributed by atoms with van der Waals surface area (Å²) in [7, 11) is 1.82. The highest BCUT2D eigenvalue weighted by atomic mass is 16.5. The number of ether oxygens (including phenoxy) is 1. The van der Waals surface area contributed by atoms with Gasteiger partial charge in [-0.3, -0.25) is 0 Å². The fourth-order valence-corrected chi connectivity index (χ4v) is 6.45. The molecule has 116 valence electrons. The SMILES string of the molecule is COC1=CC2=CC[C@H]3[C@@H]4CCC[C@@]4(C)CC[C@@H]3[C@@]2(C)CC1. The second-order valence-corrected chi connectivity index (χ2v) is 8.59. The summed E-state index contributed by atoms with van der Waals surface area (Å²) in [6, 6.07) is 0. The van der Waals surface area contributed by atoms with Crippen LogP contribution in [0.4, 0.5) is 0 Å². The molecule has 0 saturated heterocycles. The van der Waals surface area contributed by atoms with Crippen molar-refractivity contribution in [3.05, 3.63) is 23.5 Å². The molecule has 0 amide bonds. The fraction of sp³-hybridized carbons (Fsp3) is 0.800. The van der Waals surface area contributed by atoms with Crippen LogP contribution in [0.15, 0.2) is 23.5 Å². The van der Waals surface area contributed by atoms with Crippen LogP contribution in [0, 0.1) is 28.6 Å². The lowest BCUT2D eigenvalue weighted by atomic mass is 9.49. The monoisotopic (exact) mass is 286 g/mol. The zero-order valence-corrected chi connectivity index (χ0v) is 14.0. The molecule has 2 saturated carbocycles. The normalized spacial score (nSPS) is 48.6. The van der Waals surface area contributed by atoms with Crippen molar-refractivity contribution in [2.75, 3.05) is 7.11 Å². The van der Waals surface area contributed by atoms with Gasteiger partial charge in [0.15, 0.2) is 0 Å². The van der Waals surface area contributed by atoms with Gasteiger partial charge in [0.05, 0.1) is 12.9 Å². The van der Waals surface area contributed by atoms with Crippen LogP contribution in [-0.2, 0) is 4.74 Å². The average Bonchev–Trinajstić information content (AvgIpc) is 2.88. The lowest BCUT2D eigenvalue weighted by Gasteiger charge is -2.56. The molecule has 21 heavy (non-hydrogen) atoms. The number of fused-ring (bicyclic) bond motifs is 5. The largest absolute Gasteiger partial charge is 0.501 e. The molecule has 1 heteroatoms. The van der Waals surface area contributed by atoms with Crippen molar-refractivity contribution in [2.45, 2.75) is 65.2 Å². The highest BCUT2D eigenvalue weighted by Crippen LogP contribution is 2.64. The van der Waals surface area contributed by atoms with Crippen molar-refractivity contribution in [1.29, 1.82) is 0 Å². The minimum absolute atomic E-state index is 0.425. The molecule has 5 atom stereocenters. The Morgan fingerprint density at radius 2 is 1.95 bits per heavy atom. The number of rotatable bonds is 1. The van der Waals surface area contributed by atoms with Crippen LogP contribution in [0.25, 0.3) is 0 Å². The van der Waals surface area contributed by atoms with Gasteiger partial charge in [-0.2, -0.15) is 0 Å². The Bertz CT molecular complexity index is 502. The molecule has 4 aliphatic carbocycles. The summed E-state index contributed by atoms with van der Waals surface area (Å²) < 4.78 is 5.53. The standard InChI is InChI=1S/C20H30O/c1-19-10-4-5-17(19)16-7-6-14-13-15(21-3)8-12-20(14,2)18(16)9-11-19/h6,13,16-18H,4-5,7-12H2,1-3H3/t16-,17-,18-,19-,20-/m0/s1. The third kappa shape index (κ3) is 1.88. The van der Waals surface area contributed by atoms with Gasteiger partial charge in [-0.05, 0) is 78.8 Å². The van der Waals surface area contributed by atoms with E-state index >= 15 is 0 Å². The molecule has 0 unspecified atom stereocenters. The second kappa shape index (κ2) is 4.64. The smallest absolute Gasteiger partial charge is 0.0958 e. The highest BCUT2D eigenvalue weighted by molar-refractivity contribution is 5.35. The van der Waals surface area contributed by atoms with Crippen molar-refractivity contribution in [2.24, 2.45) is 28.6 Å². The van der Waals surface area contributed by atoms with E-state index in [0.717, 1.165) is 24.2 Å². The summed E-state index contributed by atoms with van der Waals surface area (Å²) in [5.41, 5.74) is 2.69. The summed E-state index contributed by atoms with van der Waals surface area (Å²) in [4.78, 5) is 0. The summed E-state index contributed by atoms with van der Waals surface area (Å²) in [6.45, 7) is 5.14. The van der Waals surface area contributed by atoms with Crippen LogP contribution < -0.4 is 0 Å². The molecular weight excluding hydrogens is 256 g/mol. The minimum atomic E-state index is 0.425. The summed E-state index contributed by atoms with van der Waals surface area (Å²) >= 11 is 0. The van der Waals surface area contributed by atoms with E-state index in [-0.39, 0.29) is 0 Å². The molecule has 4 aliphatic rings. The molecule has 0 aliphatic heterocycles. The van der Waals surface area contributed by atoms with Gasteiger partial charge in [-0.1, -0.05) is 26.3 Å². The van der Waals surface area contributed by atoms with E-state index in [2.05, 4.69) is 26.0 Å². The predicted octanol–water partition coefficient (Wildman–Crippen LogP) is 5.48. The first-order valence-corrected chi connectivity index (χ1v) is 9.02. The fourth-order valence-electron chi connectivity index (χ4n) is 6.45. The third-order valence-corrected chi connectivity index (χ3v) is 7.78. The van der Waals surface area contributed by atoms with Crippen molar-refractivity contribution in [3.63, 3.8) is 0 Å². The van der Waals surface area contributed by atoms with Gasteiger partial charge in [0.25, 0.3) is 0 Å². The molecule has 0 aromatic heterocycles. The first-order chi connectivity index (χ1) is 10.1. The molecule has 0 spiro atoms. The molecule has 0 bridgehead atoms. The van der Waals surface area contributed by atoms with Crippen LogP contribution in [0.1, 0.15) is 65.2 Å². The summed E-state index contributed by atoms with van der Waals surface area (Å²) in [6.07, 6.45) is 16.1. The summed E-state index contributed by atoms with van der Waals surface area (Å²) in [5, 5.41) is 0. The van der Waals surface area contributed by atoms with Crippen molar-refractivity contribution in [1.82, 2.24) is 0 Å². The lowest BCUT2D eigenvalue weighted by Crippen LogP contribution is -2.47. The average molecular weight is 286 g/mol. The molecule has 0 N–H and O–H groups in total. The molecule has 0 radical (unpaired) electrons. The van der Waals surface area contributed by atoms with Crippen LogP contribution in [0.5, 0.6) is 0 Å². The molecule has 0 aromatic rings. The zero-order valence-electron chi connectivity index (χ0n) is 14.0. The van der Waals surface area contributed by atoms with Crippen molar-refractivity contribution >= 4 is 0 Å². The highest BCUT2D eigenvalue weighted by Gasteiger charge is 2.55. The van der Waals surface area contributed by atoms with Gasteiger partial charge < -0.3 is 4.74 Å². The van der Waals surface area contributed by atoms with Crippen molar-refractivity contribution < 1.29 is 4.74 Å². The van der Waals surface area contributed by atoms with Crippen LogP contribution in [-0.4, -0.2) is 7.11 Å². The Hall–Kier alpha value is -0.720. The molecule has 2 fully saturated rings. The maximum absolute atomic E-state index is 5.53. The van der Waals surface area contributed by atoms with Gasteiger partial charge in [-0.15, -0.1) is 0 Å². The van der Waals surface area contributed by atoms with E-state index in [1.165, 1.54) is 50.7 Å². The quantitative estimate of drug-likeness (QED) is 0.620. The van der Waals surface area contributed by atoms with Gasteiger partial charge in [0.2, 0.25) is 0 Å². The molecule has 0 heterocycles. The van der Waals surface area contributed by atoms with Crippen LogP contribution >= 0.6 is 0 Å². The first-order valence-electron chi connectivity index (χ1n) is 9.02. The molecule has 1 nitrogen and oxygen atoms in total. The van der Waals surface area contributed by atoms with E-state index in [1.807, 2.05) is 7.11 Å². The van der Waals surface area contributed by atoms with Crippen LogP contribution in [0.2, 0.25) is 0 Å². The van der Waals surface area contributed by atoms with Crippen LogP contribution in [0.3, 0.4) is 0 Å². The number of allylic oxidation sites excluding steroid dienone is 4. The Balaban J connectivity index is 1.70. The van der Waals surface area contributed by atoms with E-state index in [1.54, 1.807) is 5.57 Å². The Labute approximate surface area is 129 Å². The molecular formula is C20H30O. The maximum atomic E-state index is 5.53. The number of hydrogen-bond acceptors (Lipinski definition) is 1. The van der Waals surface area contributed by atoms with E-state index in [9.17, 15) is 0 Å². The Kier molecular flexibility index (Phi) is 3.07. The molecule has 4 rings (SSSR count). The van der Waals surface area contributed by atoms with Gasteiger partial charge in [-0.25, -0.2) is 0 Å². The zero-order chi connectivity index (χ0) is 14.7. The Morgan fingerprint density at radius 1 is 1.10 bits per heavy atom. The predicted molar refractivity (Wildman–Crippen MR) is 86.8 cm³/mol. The second-order valence-electron chi connectivity index (χ2n) is 8.59. The van der Waals surface area contributed by atoms with Gasteiger partial charge in [0, 0.05) is 6.42 Å². The number of methoxy groups -OCH3 is 1. The van der Waals surface area contributed by atoms with Gasteiger partial charge >= 0.3 is 0 Å². The first kappa shape index (κ1) is 13.9. The van der Waals surface area contributed by atoms with E-state index in [0.29, 0.717) is 10.8 Å². The molecule has 0 aromatic carbocycles. The minimum Gasteiger partial charge on any atom is -0.501 e. The third-order valence-electron chi connectivity index (χ3n) is 7.78. The number of hydrogen-bond donors (Lipinski definition) is 0. The van der Waals surface area contributed by atoms with Gasteiger partial charge in [0.1, 0.15) is 0 Å².